The quantitative estimate of drug-likeness (QED) is 0.909. The summed E-state index contributed by atoms with van der Waals surface area (Å²) in [7, 11) is 0. The zero-order valence-electron chi connectivity index (χ0n) is 13.2. The molecule has 1 saturated heterocycles. The van der Waals surface area contributed by atoms with E-state index in [1.165, 1.54) is 6.42 Å². The topological polar surface area (TPSA) is 59.2 Å². The van der Waals surface area contributed by atoms with Crippen molar-refractivity contribution in [1.82, 2.24) is 9.88 Å². The Labute approximate surface area is 126 Å². The standard InChI is InChI=1S/C17H25N3O/c1-16(2)7-14-8-17(3,10-16)11-20(14)15(21)12-4-5-19-13(6-12)9-18/h4-6,14H,7-11,18H2,1-3H3. The highest BCUT2D eigenvalue weighted by molar-refractivity contribution is 5.94. The molecule has 114 valence electrons. The number of carbonyl (C=O) groups is 1. The van der Waals surface area contributed by atoms with Crippen molar-refractivity contribution >= 4 is 5.91 Å². The second-order valence-corrected chi connectivity index (χ2v) is 7.89. The normalized spacial score (nSPS) is 30.5. The zero-order chi connectivity index (χ0) is 15.3. The molecule has 4 heteroatoms. The molecule has 4 nitrogen and oxygen atoms in total. The van der Waals surface area contributed by atoms with Crippen LogP contribution in [0.1, 0.15) is 56.1 Å². The summed E-state index contributed by atoms with van der Waals surface area (Å²) < 4.78 is 0. The molecule has 0 radical (unpaired) electrons. The molecule has 2 heterocycles. The minimum atomic E-state index is 0.138. The van der Waals surface area contributed by atoms with Crippen molar-refractivity contribution in [3.05, 3.63) is 29.6 Å². The summed E-state index contributed by atoms with van der Waals surface area (Å²) >= 11 is 0. The molecule has 1 aliphatic carbocycles. The van der Waals surface area contributed by atoms with Crippen LogP contribution in [0.15, 0.2) is 18.3 Å². The molecule has 2 unspecified atom stereocenters. The van der Waals surface area contributed by atoms with Crippen LogP contribution in [0.25, 0.3) is 0 Å². The van der Waals surface area contributed by atoms with Crippen LogP contribution < -0.4 is 5.73 Å². The molecule has 1 aromatic rings. The number of nitrogens with zero attached hydrogens (tertiary/aromatic N) is 2. The highest BCUT2D eigenvalue weighted by Gasteiger charge is 2.50. The van der Waals surface area contributed by atoms with Crippen molar-refractivity contribution in [1.29, 1.82) is 0 Å². The van der Waals surface area contributed by atoms with Gasteiger partial charge in [0.05, 0.1) is 5.69 Å². The van der Waals surface area contributed by atoms with Crippen molar-refractivity contribution in [2.45, 2.75) is 52.6 Å². The third kappa shape index (κ3) is 2.69. The third-order valence-corrected chi connectivity index (χ3v) is 4.95. The first-order valence-electron chi connectivity index (χ1n) is 7.78. The molecule has 0 aromatic carbocycles. The molecule has 2 fully saturated rings. The van der Waals surface area contributed by atoms with Crippen LogP contribution in [0.3, 0.4) is 0 Å². The molecule has 2 aliphatic rings. The van der Waals surface area contributed by atoms with E-state index in [-0.39, 0.29) is 11.3 Å². The van der Waals surface area contributed by atoms with Crippen LogP contribution in [0.2, 0.25) is 0 Å². The van der Waals surface area contributed by atoms with Gasteiger partial charge in [-0.2, -0.15) is 0 Å². The van der Waals surface area contributed by atoms with Crippen molar-refractivity contribution in [3.8, 4) is 0 Å². The van der Waals surface area contributed by atoms with Crippen LogP contribution in [-0.4, -0.2) is 28.4 Å². The zero-order valence-corrected chi connectivity index (χ0v) is 13.2. The van der Waals surface area contributed by atoms with Gasteiger partial charge < -0.3 is 10.6 Å². The molecule has 1 aliphatic heterocycles. The van der Waals surface area contributed by atoms with Gasteiger partial charge in [0.15, 0.2) is 0 Å². The number of likely N-dealkylation sites (tertiary alicyclic amines) is 1. The summed E-state index contributed by atoms with van der Waals surface area (Å²) in [6.45, 7) is 8.22. The van der Waals surface area contributed by atoms with Gasteiger partial charge in [-0.05, 0) is 42.2 Å². The van der Waals surface area contributed by atoms with E-state index < -0.39 is 0 Å². The van der Waals surface area contributed by atoms with Gasteiger partial charge >= 0.3 is 0 Å². The predicted molar refractivity (Wildman–Crippen MR) is 82.7 cm³/mol. The minimum Gasteiger partial charge on any atom is -0.335 e. The lowest BCUT2D eigenvalue weighted by atomic mass is 9.65. The van der Waals surface area contributed by atoms with Crippen molar-refractivity contribution < 1.29 is 4.79 Å². The first-order valence-corrected chi connectivity index (χ1v) is 7.78. The van der Waals surface area contributed by atoms with Crippen LogP contribution in [0.4, 0.5) is 0 Å². The van der Waals surface area contributed by atoms with E-state index >= 15 is 0 Å². The van der Waals surface area contributed by atoms with E-state index in [1.807, 2.05) is 6.07 Å². The molecule has 2 N–H and O–H groups in total. The van der Waals surface area contributed by atoms with E-state index in [0.717, 1.165) is 30.6 Å². The molecule has 1 amide bonds. The fourth-order valence-electron chi connectivity index (χ4n) is 4.59. The maximum atomic E-state index is 12.9. The number of pyridine rings is 1. The summed E-state index contributed by atoms with van der Waals surface area (Å²) in [5.41, 5.74) is 7.72. The molecule has 1 saturated carbocycles. The largest absolute Gasteiger partial charge is 0.335 e. The van der Waals surface area contributed by atoms with E-state index in [9.17, 15) is 4.79 Å². The van der Waals surface area contributed by atoms with Crippen LogP contribution in [0.5, 0.6) is 0 Å². The number of carbonyl (C=O) groups excluding carboxylic acids is 1. The Morgan fingerprint density at radius 1 is 1.43 bits per heavy atom. The van der Waals surface area contributed by atoms with Gasteiger partial charge in [-0.15, -0.1) is 0 Å². The summed E-state index contributed by atoms with van der Waals surface area (Å²) in [5, 5.41) is 0. The second-order valence-electron chi connectivity index (χ2n) is 7.89. The highest BCUT2D eigenvalue weighted by Crippen LogP contribution is 2.52. The molecule has 2 bridgehead atoms. The number of amides is 1. The Morgan fingerprint density at radius 3 is 2.90 bits per heavy atom. The number of nitrogens with two attached hydrogens (primary N) is 1. The fourth-order valence-corrected chi connectivity index (χ4v) is 4.59. The Morgan fingerprint density at radius 2 is 2.19 bits per heavy atom. The van der Waals surface area contributed by atoms with E-state index in [2.05, 4.69) is 30.7 Å². The summed E-state index contributed by atoms with van der Waals surface area (Å²) in [5.74, 6) is 0.138. The van der Waals surface area contributed by atoms with Crippen LogP contribution in [-0.2, 0) is 6.54 Å². The van der Waals surface area contributed by atoms with E-state index in [1.54, 1.807) is 12.3 Å². The Balaban J connectivity index is 1.86. The highest BCUT2D eigenvalue weighted by atomic mass is 16.2. The second kappa shape index (κ2) is 4.80. The predicted octanol–water partition coefficient (Wildman–Crippen LogP) is 2.58. The number of fused-ring (bicyclic) bond motifs is 2. The van der Waals surface area contributed by atoms with Crippen molar-refractivity contribution in [2.24, 2.45) is 16.6 Å². The maximum Gasteiger partial charge on any atom is 0.254 e. The SMILES string of the molecule is CC1(C)CC2CC(C)(CN2C(=O)c2ccnc(CN)c2)C1. The van der Waals surface area contributed by atoms with Gasteiger partial charge in [-0.25, -0.2) is 0 Å². The Kier molecular flexibility index (Phi) is 3.32. The van der Waals surface area contributed by atoms with Gasteiger partial charge in [0.2, 0.25) is 0 Å². The number of rotatable bonds is 2. The number of aromatic nitrogens is 1. The molecule has 3 rings (SSSR count). The summed E-state index contributed by atoms with van der Waals surface area (Å²) in [6, 6.07) is 4.01. The third-order valence-electron chi connectivity index (χ3n) is 4.95. The molecule has 0 spiro atoms. The first kappa shape index (κ1) is 14.5. The molecule has 1 aromatic heterocycles. The number of hydrogen-bond donors (Lipinski definition) is 1. The maximum absolute atomic E-state index is 12.9. The van der Waals surface area contributed by atoms with Crippen molar-refractivity contribution in [3.63, 3.8) is 0 Å². The average molecular weight is 287 g/mol. The van der Waals surface area contributed by atoms with Crippen LogP contribution in [0, 0.1) is 10.8 Å². The molecular formula is C17H25N3O. The lowest BCUT2D eigenvalue weighted by Crippen LogP contribution is -2.37. The first-order chi connectivity index (χ1) is 9.82. The molecule has 21 heavy (non-hydrogen) atoms. The minimum absolute atomic E-state index is 0.138. The van der Waals surface area contributed by atoms with E-state index in [4.69, 9.17) is 5.73 Å². The monoisotopic (exact) mass is 287 g/mol. The van der Waals surface area contributed by atoms with Gasteiger partial charge in [-0.3, -0.25) is 9.78 Å². The lowest BCUT2D eigenvalue weighted by Gasteiger charge is -2.39. The summed E-state index contributed by atoms with van der Waals surface area (Å²) in [4.78, 5) is 19.1. The summed E-state index contributed by atoms with van der Waals surface area (Å²) in [6.07, 6.45) is 5.12. The van der Waals surface area contributed by atoms with Gasteiger partial charge in [0, 0.05) is 30.9 Å². The molecular weight excluding hydrogens is 262 g/mol. The smallest absolute Gasteiger partial charge is 0.254 e. The lowest BCUT2D eigenvalue weighted by molar-refractivity contribution is 0.0708. The van der Waals surface area contributed by atoms with Gasteiger partial charge in [0.25, 0.3) is 5.91 Å². The van der Waals surface area contributed by atoms with Gasteiger partial charge in [0.1, 0.15) is 0 Å². The van der Waals surface area contributed by atoms with Crippen LogP contribution >= 0.6 is 0 Å². The fraction of sp³-hybridized carbons (Fsp3) is 0.647. The molecule has 2 atom stereocenters. The Hall–Kier alpha value is -1.42. The average Bonchev–Trinajstić information content (AvgIpc) is 2.67. The van der Waals surface area contributed by atoms with E-state index in [0.29, 0.717) is 18.0 Å². The number of hydrogen-bond acceptors (Lipinski definition) is 3. The Bertz CT molecular complexity index is 569. The van der Waals surface area contributed by atoms with Gasteiger partial charge in [-0.1, -0.05) is 20.8 Å². The van der Waals surface area contributed by atoms with Crippen molar-refractivity contribution in [2.75, 3.05) is 6.54 Å².